The van der Waals surface area contributed by atoms with Crippen LogP contribution in [-0.4, -0.2) is 27.2 Å². The van der Waals surface area contributed by atoms with E-state index in [2.05, 4.69) is 17.0 Å². The highest BCUT2D eigenvalue weighted by atomic mass is 35.5. The van der Waals surface area contributed by atoms with E-state index in [-0.39, 0.29) is 11.9 Å². The normalized spacial score (nSPS) is 16.7. The van der Waals surface area contributed by atoms with Crippen LogP contribution in [0.1, 0.15) is 34.7 Å². The van der Waals surface area contributed by atoms with E-state index in [9.17, 15) is 4.79 Å². The number of halogens is 1. The maximum Gasteiger partial charge on any atom is 0.277 e. The number of fused-ring (bicyclic) bond motifs is 1. The summed E-state index contributed by atoms with van der Waals surface area (Å²) in [6.45, 7) is 6.52. The number of hydrogen-bond donors (Lipinski definition) is 0. The quantitative estimate of drug-likeness (QED) is 0.673. The first kappa shape index (κ1) is 16.8. The van der Waals surface area contributed by atoms with E-state index in [1.807, 2.05) is 53.8 Å². The zero-order chi connectivity index (χ0) is 18.4. The van der Waals surface area contributed by atoms with Crippen molar-refractivity contribution < 1.29 is 4.79 Å². The van der Waals surface area contributed by atoms with Crippen molar-refractivity contribution in [3.05, 3.63) is 64.7 Å². The fourth-order valence-electron chi connectivity index (χ4n) is 3.41. The van der Waals surface area contributed by atoms with Gasteiger partial charge in [-0.3, -0.25) is 14.5 Å². The Hall–Kier alpha value is -2.66. The summed E-state index contributed by atoms with van der Waals surface area (Å²) in [4.78, 5) is 19.4. The standard InChI is InChI=1S/C20H19ClN4O/c1-12-8-16(4-5-18(12)21)24-11-14(3)25-19(20(24)26)17(10-23-25)15-6-7-22-13(2)9-15/h4-10,14H,11H2,1-3H3/t14-/m0/s1. The van der Waals surface area contributed by atoms with Crippen LogP contribution in [0.2, 0.25) is 5.02 Å². The molecule has 0 aliphatic carbocycles. The second-order valence-corrected chi connectivity index (χ2v) is 7.14. The highest BCUT2D eigenvalue weighted by Crippen LogP contribution is 2.33. The minimum atomic E-state index is -0.0493. The molecule has 0 spiro atoms. The molecule has 1 aliphatic rings. The lowest BCUT2D eigenvalue weighted by Crippen LogP contribution is -2.42. The molecule has 5 nitrogen and oxygen atoms in total. The molecule has 2 aromatic heterocycles. The van der Waals surface area contributed by atoms with Gasteiger partial charge in [-0.05, 0) is 62.2 Å². The van der Waals surface area contributed by atoms with Gasteiger partial charge >= 0.3 is 0 Å². The van der Waals surface area contributed by atoms with Crippen molar-refractivity contribution in [2.24, 2.45) is 0 Å². The van der Waals surface area contributed by atoms with E-state index in [1.165, 1.54) is 0 Å². The molecule has 3 heterocycles. The number of amides is 1. The minimum Gasteiger partial charge on any atom is -0.305 e. The predicted octanol–water partition coefficient (Wildman–Crippen LogP) is 4.44. The Labute approximate surface area is 157 Å². The molecule has 132 valence electrons. The maximum absolute atomic E-state index is 13.3. The molecular weight excluding hydrogens is 348 g/mol. The summed E-state index contributed by atoms with van der Waals surface area (Å²) >= 11 is 6.14. The molecule has 0 radical (unpaired) electrons. The van der Waals surface area contributed by atoms with E-state index < -0.39 is 0 Å². The molecule has 6 heteroatoms. The molecule has 1 aromatic carbocycles. The summed E-state index contributed by atoms with van der Waals surface area (Å²) in [5.41, 5.74) is 5.11. The first-order valence-corrected chi connectivity index (χ1v) is 8.92. The number of pyridine rings is 1. The van der Waals surface area contributed by atoms with Crippen molar-refractivity contribution in [2.75, 3.05) is 11.4 Å². The maximum atomic E-state index is 13.3. The van der Waals surface area contributed by atoms with Crippen molar-refractivity contribution in [3.8, 4) is 11.1 Å². The molecule has 0 saturated carbocycles. The van der Waals surface area contributed by atoms with E-state index in [4.69, 9.17) is 11.6 Å². The Bertz CT molecular complexity index is 1010. The number of carbonyl (C=O) groups is 1. The molecular formula is C20H19ClN4O. The van der Waals surface area contributed by atoms with Crippen LogP contribution in [0.4, 0.5) is 5.69 Å². The molecule has 1 atom stereocenters. The summed E-state index contributed by atoms with van der Waals surface area (Å²) < 4.78 is 1.83. The number of nitrogens with zero attached hydrogens (tertiary/aromatic N) is 4. The van der Waals surface area contributed by atoms with E-state index in [1.54, 1.807) is 12.4 Å². The highest BCUT2D eigenvalue weighted by molar-refractivity contribution is 6.31. The van der Waals surface area contributed by atoms with Crippen LogP contribution in [0.3, 0.4) is 0 Å². The molecule has 0 saturated heterocycles. The van der Waals surface area contributed by atoms with Crippen LogP contribution < -0.4 is 4.90 Å². The summed E-state index contributed by atoms with van der Waals surface area (Å²) in [6.07, 6.45) is 3.53. The highest BCUT2D eigenvalue weighted by Gasteiger charge is 2.33. The zero-order valence-electron chi connectivity index (χ0n) is 14.9. The van der Waals surface area contributed by atoms with Crippen molar-refractivity contribution in [1.29, 1.82) is 0 Å². The molecule has 0 fully saturated rings. The average Bonchev–Trinajstić information content (AvgIpc) is 3.06. The fraction of sp³-hybridized carbons (Fsp3) is 0.250. The summed E-state index contributed by atoms with van der Waals surface area (Å²) in [7, 11) is 0. The van der Waals surface area contributed by atoms with E-state index >= 15 is 0 Å². The molecule has 26 heavy (non-hydrogen) atoms. The van der Waals surface area contributed by atoms with Gasteiger partial charge in [0.15, 0.2) is 0 Å². The number of rotatable bonds is 2. The van der Waals surface area contributed by atoms with Gasteiger partial charge in [-0.15, -0.1) is 0 Å². The molecule has 1 aliphatic heterocycles. The Morgan fingerprint density at radius 1 is 1.19 bits per heavy atom. The largest absolute Gasteiger partial charge is 0.305 e. The number of aromatic nitrogens is 3. The average molecular weight is 367 g/mol. The van der Waals surface area contributed by atoms with Gasteiger partial charge < -0.3 is 4.90 Å². The van der Waals surface area contributed by atoms with Gasteiger partial charge in [0.2, 0.25) is 0 Å². The summed E-state index contributed by atoms with van der Waals surface area (Å²) in [6, 6.07) is 9.64. The first-order valence-electron chi connectivity index (χ1n) is 8.54. The number of carbonyl (C=O) groups excluding carboxylic acids is 1. The number of anilines is 1. The monoisotopic (exact) mass is 366 g/mol. The zero-order valence-corrected chi connectivity index (χ0v) is 15.7. The topological polar surface area (TPSA) is 51.0 Å². The molecule has 0 unspecified atom stereocenters. The second kappa shape index (κ2) is 6.25. The van der Waals surface area contributed by atoms with Crippen LogP contribution in [-0.2, 0) is 0 Å². The van der Waals surface area contributed by atoms with Crippen LogP contribution in [0.25, 0.3) is 11.1 Å². The van der Waals surface area contributed by atoms with Crippen molar-refractivity contribution in [2.45, 2.75) is 26.8 Å². The fourth-order valence-corrected chi connectivity index (χ4v) is 3.52. The van der Waals surface area contributed by atoms with Crippen LogP contribution >= 0.6 is 11.6 Å². The van der Waals surface area contributed by atoms with Gasteiger partial charge in [0.1, 0.15) is 5.69 Å². The van der Waals surface area contributed by atoms with Crippen molar-refractivity contribution in [3.63, 3.8) is 0 Å². The number of benzene rings is 1. The van der Waals surface area contributed by atoms with Crippen LogP contribution in [0.15, 0.2) is 42.7 Å². The SMILES string of the molecule is Cc1cc(-c2cnn3c2C(=O)N(c2ccc(Cl)c(C)c2)C[C@@H]3C)ccn1. The van der Waals surface area contributed by atoms with Crippen molar-refractivity contribution in [1.82, 2.24) is 14.8 Å². The minimum absolute atomic E-state index is 0.0493. The lowest BCUT2D eigenvalue weighted by molar-refractivity contribution is 0.0954. The third-order valence-corrected chi connectivity index (χ3v) is 5.19. The Balaban J connectivity index is 1.82. The van der Waals surface area contributed by atoms with Crippen molar-refractivity contribution >= 4 is 23.2 Å². The predicted molar refractivity (Wildman–Crippen MR) is 103 cm³/mol. The van der Waals surface area contributed by atoms with Gasteiger partial charge in [-0.1, -0.05) is 11.6 Å². The second-order valence-electron chi connectivity index (χ2n) is 6.74. The van der Waals surface area contributed by atoms with Crippen LogP contribution in [0.5, 0.6) is 0 Å². The molecule has 0 N–H and O–H groups in total. The lowest BCUT2D eigenvalue weighted by atomic mass is 10.0. The number of aryl methyl sites for hydroxylation is 2. The van der Waals surface area contributed by atoms with Gasteiger partial charge in [0.05, 0.1) is 12.2 Å². The van der Waals surface area contributed by atoms with Gasteiger partial charge in [-0.2, -0.15) is 5.10 Å². The number of hydrogen-bond acceptors (Lipinski definition) is 3. The molecule has 4 rings (SSSR count). The summed E-state index contributed by atoms with van der Waals surface area (Å²) in [5, 5.41) is 5.18. The smallest absolute Gasteiger partial charge is 0.277 e. The van der Waals surface area contributed by atoms with E-state index in [0.717, 1.165) is 28.1 Å². The summed E-state index contributed by atoms with van der Waals surface area (Å²) in [5.74, 6) is -0.0493. The Kier molecular flexibility index (Phi) is 4.04. The molecule has 0 bridgehead atoms. The molecule has 3 aromatic rings. The van der Waals surface area contributed by atoms with Gasteiger partial charge in [0, 0.05) is 34.7 Å². The Morgan fingerprint density at radius 2 is 2.00 bits per heavy atom. The van der Waals surface area contributed by atoms with Gasteiger partial charge in [0.25, 0.3) is 5.91 Å². The van der Waals surface area contributed by atoms with E-state index in [0.29, 0.717) is 17.3 Å². The molecule has 1 amide bonds. The third-order valence-electron chi connectivity index (χ3n) is 4.77. The third kappa shape index (κ3) is 2.69. The van der Waals surface area contributed by atoms with Gasteiger partial charge in [-0.25, -0.2) is 0 Å². The van der Waals surface area contributed by atoms with Crippen LogP contribution in [0, 0.1) is 13.8 Å². The lowest BCUT2D eigenvalue weighted by Gasteiger charge is -2.32. The Morgan fingerprint density at radius 3 is 2.73 bits per heavy atom. The first-order chi connectivity index (χ1) is 12.5.